The molecule has 0 spiro atoms. The molecule has 0 unspecified atom stereocenters. The van der Waals surface area contributed by atoms with E-state index in [1.165, 1.54) is 25.7 Å². The van der Waals surface area contributed by atoms with Crippen molar-refractivity contribution in [2.75, 3.05) is 6.61 Å². The van der Waals surface area contributed by atoms with Crippen LogP contribution in [0.3, 0.4) is 0 Å². The molecule has 0 aliphatic rings. The van der Waals surface area contributed by atoms with E-state index in [0.29, 0.717) is 13.0 Å². The summed E-state index contributed by atoms with van der Waals surface area (Å²) in [6.07, 6.45) is 17.9. The highest BCUT2D eigenvalue weighted by Gasteiger charge is 1.99. The molecular formula is C17H30O2. The normalized spacial score (nSPS) is 11.5. The average Bonchev–Trinajstić information content (AvgIpc) is 2.41. The maximum absolute atomic E-state index is 11.4. The Labute approximate surface area is 118 Å². The van der Waals surface area contributed by atoms with Crippen LogP contribution in [-0.4, -0.2) is 12.6 Å². The lowest BCUT2D eigenvalue weighted by Gasteiger charge is -2.01. The second-order valence-corrected chi connectivity index (χ2v) is 4.75. The number of unbranched alkanes of at least 4 members (excludes halogenated alkanes) is 4. The summed E-state index contributed by atoms with van der Waals surface area (Å²) >= 11 is 0. The van der Waals surface area contributed by atoms with Crippen molar-refractivity contribution in [1.29, 1.82) is 0 Å². The first kappa shape index (κ1) is 17.9. The molecule has 0 aromatic carbocycles. The topological polar surface area (TPSA) is 26.3 Å². The molecule has 0 aliphatic heterocycles. The number of rotatable bonds is 12. The van der Waals surface area contributed by atoms with Gasteiger partial charge in [0.05, 0.1) is 6.61 Å². The van der Waals surface area contributed by atoms with Crippen LogP contribution in [0.4, 0.5) is 0 Å². The summed E-state index contributed by atoms with van der Waals surface area (Å²) in [6.45, 7) is 4.83. The van der Waals surface area contributed by atoms with Gasteiger partial charge in [0.15, 0.2) is 0 Å². The van der Waals surface area contributed by atoms with Gasteiger partial charge in [-0.3, -0.25) is 4.79 Å². The van der Waals surface area contributed by atoms with Crippen molar-refractivity contribution in [3.63, 3.8) is 0 Å². The zero-order valence-corrected chi connectivity index (χ0v) is 12.7. The molecule has 0 aromatic heterocycles. The second-order valence-electron chi connectivity index (χ2n) is 4.75. The molecule has 0 rings (SSSR count). The Hall–Kier alpha value is -1.05. The van der Waals surface area contributed by atoms with Crippen LogP contribution in [0.1, 0.15) is 71.6 Å². The number of carbonyl (C=O) groups excluding carboxylic acids is 1. The van der Waals surface area contributed by atoms with Crippen LogP contribution < -0.4 is 0 Å². The van der Waals surface area contributed by atoms with Crippen molar-refractivity contribution in [1.82, 2.24) is 0 Å². The first-order valence-electron chi connectivity index (χ1n) is 7.76. The fraction of sp³-hybridized carbons (Fsp3) is 0.706. The lowest BCUT2D eigenvalue weighted by molar-refractivity contribution is -0.143. The van der Waals surface area contributed by atoms with Gasteiger partial charge in [0.25, 0.3) is 0 Å². The minimum absolute atomic E-state index is 0.0828. The largest absolute Gasteiger partial charge is 0.465 e. The highest BCUT2D eigenvalue weighted by atomic mass is 16.5. The van der Waals surface area contributed by atoms with Crippen LogP contribution in [0.2, 0.25) is 0 Å². The number of esters is 1. The van der Waals surface area contributed by atoms with Gasteiger partial charge in [-0.1, -0.05) is 57.4 Å². The highest BCUT2D eigenvalue weighted by molar-refractivity contribution is 5.69. The summed E-state index contributed by atoms with van der Waals surface area (Å²) < 4.78 is 5.12. The van der Waals surface area contributed by atoms with E-state index >= 15 is 0 Å². The van der Waals surface area contributed by atoms with Crippen molar-refractivity contribution < 1.29 is 9.53 Å². The summed E-state index contributed by atoms with van der Waals surface area (Å²) in [6, 6.07) is 0. The van der Waals surface area contributed by atoms with Gasteiger partial charge >= 0.3 is 5.97 Å². The molecule has 0 atom stereocenters. The van der Waals surface area contributed by atoms with Gasteiger partial charge in [-0.2, -0.15) is 0 Å². The van der Waals surface area contributed by atoms with Gasteiger partial charge in [0.2, 0.25) is 0 Å². The lowest BCUT2D eigenvalue weighted by atomic mass is 10.1. The van der Waals surface area contributed by atoms with Crippen LogP contribution in [0.25, 0.3) is 0 Å². The van der Waals surface area contributed by atoms with Crippen molar-refractivity contribution in [2.45, 2.75) is 71.6 Å². The van der Waals surface area contributed by atoms with Gasteiger partial charge in [-0.05, 0) is 32.1 Å². The molecule has 19 heavy (non-hydrogen) atoms. The molecule has 0 bridgehead atoms. The molecule has 0 saturated carbocycles. The molecule has 0 N–H and O–H groups in total. The SMILES string of the molecule is CC/C=C/CCOC(=O)CC/C=C/CCCCCC. The lowest BCUT2D eigenvalue weighted by Crippen LogP contribution is -2.04. The standard InChI is InChI=1S/C17H30O2/c1-3-5-7-9-10-11-12-13-15-17(18)19-16-14-8-6-4-2/h6,8,11-12H,3-5,7,9-10,13-16H2,1-2H3/b8-6+,12-11+. The Bertz CT molecular complexity index is 254. The van der Waals surface area contributed by atoms with Gasteiger partial charge in [-0.25, -0.2) is 0 Å². The Morgan fingerprint density at radius 1 is 0.895 bits per heavy atom. The van der Waals surface area contributed by atoms with E-state index < -0.39 is 0 Å². The minimum Gasteiger partial charge on any atom is -0.465 e. The summed E-state index contributed by atoms with van der Waals surface area (Å²) in [5.41, 5.74) is 0. The molecule has 2 heteroatoms. The Kier molecular flexibility index (Phi) is 14.2. The third kappa shape index (κ3) is 14.9. The molecule has 0 saturated heterocycles. The van der Waals surface area contributed by atoms with E-state index in [0.717, 1.165) is 25.7 Å². The van der Waals surface area contributed by atoms with Gasteiger partial charge in [-0.15, -0.1) is 0 Å². The molecule has 0 amide bonds. The predicted octanol–water partition coefficient (Wildman–Crippen LogP) is 5.19. The molecular weight excluding hydrogens is 236 g/mol. The second kappa shape index (κ2) is 15.0. The van der Waals surface area contributed by atoms with Crippen LogP contribution >= 0.6 is 0 Å². The first-order valence-corrected chi connectivity index (χ1v) is 7.76. The summed E-state index contributed by atoms with van der Waals surface area (Å²) in [5.74, 6) is -0.0828. The molecule has 2 nitrogen and oxygen atoms in total. The summed E-state index contributed by atoms with van der Waals surface area (Å²) in [5, 5.41) is 0. The van der Waals surface area contributed by atoms with E-state index in [2.05, 4.69) is 38.2 Å². The smallest absolute Gasteiger partial charge is 0.306 e. The summed E-state index contributed by atoms with van der Waals surface area (Å²) in [7, 11) is 0. The van der Waals surface area contributed by atoms with Crippen LogP contribution in [-0.2, 0) is 9.53 Å². The number of ether oxygens (including phenoxy) is 1. The van der Waals surface area contributed by atoms with Crippen LogP contribution in [0.15, 0.2) is 24.3 Å². The molecule has 0 radical (unpaired) electrons. The number of carbonyl (C=O) groups is 1. The average molecular weight is 266 g/mol. The Morgan fingerprint density at radius 3 is 2.37 bits per heavy atom. The third-order valence-corrected chi connectivity index (χ3v) is 2.86. The monoisotopic (exact) mass is 266 g/mol. The fourth-order valence-corrected chi connectivity index (χ4v) is 1.72. The van der Waals surface area contributed by atoms with Gasteiger partial charge in [0.1, 0.15) is 0 Å². The Balaban J connectivity index is 3.32. The van der Waals surface area contributed by atoms with E-state index in [-0.39, 0.29) is 5.97 Å². The zero-order valence-electron chi connectivity index (χ0n) is 12.7. The number of hydrogen-bond donors (Lipinski definition) is 0. The first-order chi connectivity index (χ1) is 9.31. The predicted molar refractivity (Wildman–Crippen MR) is 82.1 cm³/mol. The number of allylic oxidation sites excluding steroid dienone is 3. The number of hydrogen-bond acceptors (Lipinski definition) is 2. The summed E-state index contributed by atoms with van der Waals surface area (Å²) in [4.78, 5) is 11.4. The van der Waals surface area contributed by atoms with E-state index in [1.807, 2.05) is 0 Å². The zero-order chi connectivity index (χ0) is 14.2. The maximum atomic E-state index is 11.4. The fourth-order valence-electron chi connectivity index (χ4n) is 1.72. The maximum Gasteiger partial charge on any atom is 0.306 e. The van der Waals surface area contributed by atoms with Crippen molar-refractivity contribution in [2.24, 2.45) is 0 Å². The molecule has 0 heterocycles. The van der Waals surface area contributed by atoms with Gasteiger partial charge < -0.3 is 4.74 Å². The van der Waals surface area contributed by atoms with E-state index in [9.17, 15) is 4.79 Å². The van der Waals surface area contributed by atoms with Crippen molar-refractivity contribution >= 4 is 5.97 Å². The Morgan fingerprint density at radius 2 is 1.63 bits per heavy atom. The van der Waals surface area contributed by atoms with E-state index in [4.69, 9.17) is 4.74 Å². The van der Waals surface area contributed by atoms with Crippen molar-refractivity contribution in [3.8, 4) is 0 Å². The van der Waals surface area contributed by atoms with Gasteiger partial charge in [0, 0.05) is 6.42 Å². The highest BCUT2D eigenvalue weighted by Crippen LogP contribution is 2.04. The molecule has 0 fully saturated rings. The molecule has 0 aromatic rings. The van der Waals surface area contributed by atoms with Crippen molar-refractivity contribution in [3.05, 3.63) is 24.3 Å². The van der Waals surface area contributed by atoms with Crippen LogP contribution in [0.5, 0.6) is 0 Å². The third-order valence-electron chi connectivity index (χ3n) is 2.86. The minimum atomic E-state index is -0.0828. The van der Waals surface area contributed by atoms with Crippen LogP contribution in [0, 0.1) is 0 Å². The molecule has 110 valence electrons. The quantitative estimate of drug-likeness (QED) is 0.276. The molecule has 0 aliphatic carbocycles. The van der Waals surface area contributed by atoms with E-state index in [1.54, 1.807) is 0 Å².